The number of hydrogen-bond acceptors (Lipinski definition) is 7. The van der Waals surface area contributed by atoms with Gasteiger partial charge in [0.25, 0.3) is 5.69 Å². The van der Waals surface area contributed by atoms with Crippen LogP contribution in [0.2, 0.25) is 0 Å². The van der Waals surface area contributed by atoms with Gasteiger partial charge in [-0.05, 0) is 35.9 Å². The molecule has 0 saturated heterocycles. The summed E-state index contributed by atoms with van der Waals surface area (Å²) in [5, 5.41) is 28.3. The van der Waals surface area contributed by atoms with E-state index in [1.807, 2.05) is 30.3 Å². The van der Waals surface area contributed by atoms with Gasteiger partial charge in [-0.2, -0.15) is 0 Å². The van der Waals surface area contributed by atoms with Crippen LogP contribution in [0, 0.1) is 10.1 Å². The fraction of sp³-hybridized carbons (Fsp3) is 0.0870. The number of esters is 1. The molecule has 3 aromatic rings. The van der Waals surface area contributed by atoms with Gasteiger partial charge in [0.15, 0.2) is 6.23 Å². The fourth-order valence-corrected chi connectivity index (χ4v) is 3.48. The summed E-state index contributed by atoms with van der Waals surface area (Å²) in [5.74, 6) is -0.440. The number of anilines is 2. The molecule has 0 fully saturated rings. The number of carbonyl (C=O) groups excluding carboxylic acids is 1. The SMILES string of the molecule is COC(=O)c1ccc(N/C(=C2/c3cc([N+](=O)[O-])ccc3NC2O)c2ccccc2)cc1. The van der Waals surface area contributed by atoms with Crippen LogP contribution in [0.15, 0.2) is 72.8 Å². The van der Waals surface area contributed by atoms with Crippen molar-refractivity contribution in [2.75, 3.05) is 17.7 Å². The van der Waals surface area contributed by atoms with Crippen molar-refractivity contribution in [2.45, 2.75) is 6.23 Å². The van der Waals surface area contributed by atoms with E-state index in [9.17, 15) is 20.0 Å². The number of carbonyl (C=O) groups is 1. The first-order chi connectivity index (χ1) is 15.0. The number of non-ortho nitro benzene ring substituents is 1. The predicted molar refractivity (Wildman–Crippen MR) is 117 cm³/mol. The summed E-state index contributed by atoms with van der Waals surface area (Å²) in [6, 6.07) is 20.5. The number of methoxy groups -OCH3 is 1. The van der Waals surface area contributed by atoms with Crippen LogP contribution in [-0.2, 0) is 4.74 Å². The van der Waals surface area contributed by atoms with Gasteiger partial charge < -0.3 is 20.5 Å². The normalized spacial score (nSPS) is 16.1. The van der Waals surface area contributed by atoms with Gasteiger partial charge in [-0.15, -0.1) is 0 Å². The summed E-state index contributed by atoms with van der Waals surface area (Å²) in [5.41, 5.74) is 4.02. The van der Waals surface area contributed by atoms with Crippen molar-refractivity contribution >= 4 is 34.3 Å². The molecule has 156 valence electrons. The number of nitro benzene ring substituents is 1. The molecule has 3 N–H and O–H groups in total. The molecular weight excluding hydrogens is 398 g/mol. The van der Waals surface area contributed by atoms with E-state index in [1.54, 1.807) is 30.3 Å². The van der Waals surface area contributed by atoms with Crippen molar-refractivity contribution in [1.82, 2.24) is 0 Å². The Labute approximate surface area is 177 Å². The summed E-state index contributed by atoms with van der Waals surface area (Å²) in [6.45, 7) is 0. The first-order valence-corrected chi connectivity index (χ1v) is 9.46. The number of hydrogen-bond donors (Lipinski definition) is 3. The minimum atomic E-state index is -1.06. The van der Waals surface area contributed by atoms with Crippen molar-refractivity contribution in [1.29, 1.82) is 0 Å². The highest BCUT2D eigenvalue weighted by Crippen LogP contribution is 2.41. The van der Waals surface area contributed by atoms with E-state index in [1.165, 1.54) is 19.2 Å². The predicted octanol–water partition coefficient (Wildman–Crippen LogP) is 4.11. The number of aliphatic hydroxyl groups excluding tert-OH is 1. The lowest BCUT2D eigenvalue weighted by molar-refractivity contribution is -0.384. The van der Waals surface area contributed by atoms with E-state index in [0.717, 1.165) is 5.56 Å². The summed E-state index contributed by atoms with van der Waals surface area (Å²) >= 11 is 0. The molecule has 0 spiro atoms. The number of aliphatic hydroxyl groups is 1. The van der Waals surface area contributed by atoms with Crippen LogP contribution in [0.3, 0.4) is 0 Å². The zero-order valence-corrected chi connectivity index (χ0v) is 16.5. The molecule has 31 heavy (non-hydrogen) atoms. The lowest BCUT2D eigenvalue weighted by Gasteiger charge is -2.17. The van der Waals surface area contributed by atoms with E-state index < -0.39 is 17.1 Å². The van der Waals surface area contributed by atoms with Gasteiger partial charge in [-0.3, -0.25) is 10.1 Å². The molecule has 8 nitrogen and oxygen atoms in total. The lowest BCUT2D eigenvalue weighted by atomic mass is 9.99. The zero-order chi connectivity index (χ0) is 22.0. The third-order valence-corrected chi connectivity index (χ3v) is 4.98. The third kappa shape index (κ3) is 3.96. The standard InChI is InChI=1S/C23H19N3O5/c1-31-23(28)15-7-9-16(10-8-15)24-21(14-5-3-2-4-6-14)20-18-13-17(26(29)30)11-12-19(18)25-22(20)27/h2-13,22,24-25,27H,1H3/b21-20-. The molecule has 4 rings (SSSR count). The van der Waals surface area contributed by atoms with Gasteiger partial charge in [0.05, 0.1) is 23.3 Å². The maximum Gasteiger partial charge on any atom is 0.337 e. The summed E-state index contributed by atoms with van der Waals surface area (Å²) < 4.78 is 4.73. The first-order valence-electron chi connectivity index (χ1n) is 9.46. The number of fused-ring (bicyclic) bond motifs is 1. The van der Waals surface area contributed by atoms with Crippen LogP contribution in [0.1, 0.15) is 21.5 Å². The monoisotopic (exact) mass is 417 g/mol. The highest BCUT2D eigenvalue weighted by molar-refractivity contribution is 6.03. The van der Waals surface area contributed by atoms with E-state index in [-0.39, 0.29) is 5.69 Å². The van der Waals surface area contributed by atoms with E-state index >= 15 is 0 Å². The molecule has 0 amide bonds. The molecule has 0 aliphatic carbocycles. The Morgan fingerprint density at radius 2 is 1.77 bits per heavy atom. The Balaban J connectivity index is 1.83. The second-order valence-electron chi connectivity index (χ2n) is 6.88. The topological polar surface area (TPSA) is 114 Å². The summed E-state index contributed by atoms with van der Waals surface area (Å²) in [6.07, 6.45) is -1.06. The number of nitrogens with one attached hydrogen (secondary N) is 2. The molecule has 1 aliphatic rings. The Kier molecular flexibility index (Phi) is 5.38. The minimum Gasteiger partial charge on any atom is -0.465 e. The Morgan fingerprint density at radius 3 is 2.42 bits per heavy atom. The van der Waals surface area contributed by atoms with E-state index in [0.29, 0.717) is 33.8 Å². The van der Waals surface area contributed by atoms with Crippen LogP contribution in [-0.4, -0.2) is 29.3 Å². The van der Waals surface area contributed by atoms with Crippen molar-refractivity contribution in [3.05, 3.63) is 99.6 Å². The largest absolute Gasteiger partial charge is 0.465 e. The third-order valence-electron chi connectivity index (χ3n) is 4.98. The Morgan fingerprint density at radius 1 is 1.06 bits per heavy atom. The van der Waals surface area contributed by atoms with Crippen LogP contribution < -0.4 is 10.6 Å². The van der Waals surface area contributed by atoms with Crippen molar-refractivity contribution in [2.24, 2.45) is 0 Å². The van der Waals surface area contributed by atoms with Crippen molar-refractivity contribution in [3.8, 4) is 0 Å². The molecule has 0 bridgehead atoms. The highest BCUT2D eigenvalue weighted by Gasteiger charge is 2.30. The second-order valence-corrected chi connectivity index (χ2v) is 6.88. The van der Waals surface area contributed by atoms with E-state index in [2.05, 4.69) is 10.6 Å². The van der Waals surface area contributed by atoms with Gasteiger partial charge in [0, 0.05) is 34.6 Å². The molecule has 3 aromatic carbocycles. The van der Waals surface area contributed by atoms with Crippen LogP contribution in [0.5, 0.6) is 0 Å². The number of rotatable bonds is 5. The maximum atomic E-state index is 11.7. The molecule has 8 heteroatoms. The molecule has 0 aromatic heterocycles. The first kappa shape index (κ1) is 20.1. The smallest absolute Gasteiger partial charge is 0.337 e. The zero-order valence-electron chi connectivity index (χ0n) is 16.5. The molecule has 1 aliphatic heterocycles. The molecular formula is C23H19N3O5. The summed E-state index contributed by atoms with van der Waals surface area (Å²) in [4.78, 5) is 22.5. The van der Waals surface area contributed by atoms with Gasteiger partial charge in [-0.25, -0.2) is 4.79 Å². The quantitative estimate of drug-likeness (QED) is 0.325. The van der Waals surface area contributed by atoms with Gasteiger partial charge in [-0.1, -0.05) is 30.3 Å². The molecule has 1 unspecified atom stereocenters. The number of benzene rings is 3. The van der Waals surface area contributed by atoms with Crippen molar-refractivity contribution in [3.63, 3.8) is 0 Å². The number of nitrogens with zero attached hydrogens (tertiary/aromatic N) is 1. The fourth-order valence-electron chi connectivity index (χ4n) is 3.48. The second kappa shape index (κ2) is 8.29. The van der Waals surface area contributed by atoms with Crippen LogP contribution in [0.25, 0.3) is 11.3 Å². The Bertz CT molecular complexity index is 1170. The minimum absolute atomic E-state index is 0.0676. The maximum absolute atomic E-state index is 11.7. The van der Waals surface area contributed by atoms with Crippen LogP contribution >= 0.6 is 0 Å². The van der Waals surface area contributed by atoms with E-state index in [4.69, 9.17) is 4.74 Å². The average Bonchev–Trinajstić information content (AvgIpc) is 3.12. The van der Waals surface area contributed by atoms with Gasteiger partial charge in [0.1, 0.15) is 0 Å². The number of nitro groups is 1. The summed E-state index contributed by atoms with van der Waals surface area (Å²) in [7, 11) is 1.32. The number of ether oxygens (including phenoxy) is 1. The highest BCUT2D eigenvalue weighted by atomic mass is 16.6. The Hall–Kier alpha value is -4.17. The van der Waals surface area contributed by atoms with Crippen molar-refractivity contribution < 1.29 is 19.6 Å². The van der Waals surface area contributed by atoms with Gasteiger partial charge in [0.2, 0.25) is 0 Å². The van der Waals surface area contributed by atoms with Crippen LogP contribution in [0.4, 0.5) is 17.1 Å². The average molecular weight is 417 g/mol. The molecule has 0 radical (unpaired) electrons. The molecule has 1 heterocycles. The molecule has 0 saturated carbocycles. The van der Waals surface area contributed by atoms with Gasteiger partial charge >= 0.3 is 5.97 Å². The molecule has 1 atom stereocenters. The lowest BCUT2D eigenvalue weighted by Crippen LogP contribution is -2.16.